The first kappa shape index (κ1) is 10.4. The van der Waals surface area contributed by atoms with Gasteiger partial charge in [-0.1, -0.05) is 13.8 Å². The summed E-state index contributed by atoms with van der Waals surface area (Å²) in [6.45, 7) is 4.11. The molecule has 1 aromatic carbocycles. The Morgan fingerprint density at radius 3 is 2.87 bits per heavy atom. The number of nitrogens with one attached hydrogen (secondary N) is 1. The van der Waals surface area contributed by atoms with Crippen molar-refractivity contribution in [3.8, 4) is 0 Å². The quantitative estimate of drug-likeness (QED) is 0.717. The van der Waals surface area contributed by atoms with Crippen molar-refractivity contribution in [1.29, 1.82) is 0 Å². The summed E-state index contributed by atoms with van der Waals surface area (Å²) < 4.78 is 0. The molecule has 1 aliphatic heterocycles. The highest BCUT2D eigenvalue weighted by Crippen LogP contribution is 2.39. The van der Waals surface area contributed by atoms with Gasteiger partial charge in [-0.2, -0.15) is 0 Å². The fraction of sp³-hybridized carbons (Fsp3) is 0.364. The molecule has 1 unspecified atom stereocenters. The molecular formula is C11H14N2OS. The summed E-state index contributed by atoms with van der Waals surface area (Å²) in [4.78, 5) is 12.8. The van der Waals surface area contributed by atoms with Gasteiger partial charge in [-0.05, 0) is 24.1 Å². The molecule has 15 heavy (non-hydrogen) atoms. The van der Waals surface area contributed by atoms with Crippen LogP contribution in [0.1, 0.15) is 13.8 Å². The van der Waals surface area contributed by atoms with Crippen molar-refractivity contribution in [3.05, 3.63) is 18.2 Å². The Hall–Kier alpha value is -1.16. The second-order valence-corrected chi connectivity index (χ2v) is 5.21. The molecule has 0 aromatic heterocycles. The lowest BCUT2D eigenvalue weighted by molar-refractivity contribution is -0.116. The van der Waals surface area contributed by atoms with Crippen LogP contribution in [0.4, 0.5) is 11.4 Å². The highest BCUT2D eigenvalue weighted by Gasteiger charge is 2.29. The van der Waals surface area contributed by atoms with E-state index in [1.54, 1.807) is 17.8 Å². The second-order valence-electron chi connectivity index (χ2n) is 4.03. The number of hydrogen-bond acceptors (Lipinski definition) is 3. The Morgan fingerprint density at radius 1 is 1.47 bits per heavy atom. The molecule has 4 heteroatoms. The van der Waals surface area contributed by atoms with Gasteiger partial charge in [0.25, 0.3) is 0 Å². The minimum atomic E-state index is 0.00104. The van der Waals surface area contributed by atoms with Gasteiger partial charge in [0.05, 0.1) is 10.9 Å². The molecule has 0 saturated heterocycles. The molecule has 1 amide bonds. The highest BCUT2D eigenvalue weighted by molar-refractivity contribution is 8.01. The number of fused-ring (bicyclic) bond motifs is 1. The number of amides is 1. The molecular weight excluding hydrogens is 208 g/mol. The molecule has 3 nitrogen and oxygen atoms in total. The monoisotopic (exact) mass is 222 g/mol. The SMILES string of the molecule is CC(C)C1Sc2ccc(N)cc2NC1=O. The Bertz CT molecular complexity index is 404. The average molecular weight is 222 g/mol. The van der Waals surface area contributed by atoms with Crippen LogP contribution in [0.25, 0.3) is 0 Å². The summed E-state index contributed by atoms with van der Waals surface area (Å²) in [6.07, 6.45) is 0. The van der Waals surface area contributed by atoms with E-state index in [4.69, 9.17) is 5.73 Å². The predicted molar refractivity (Wildman–Crippen MR) is 64.0 cm³/mol. The molecule has 3 N–H and O–H groups in total. The first-order valence-electron chi connectivity index (χ1n) is 4.95. The van der Waals surface area contributed by atoms with E-state index in [1.165, 1.54) is 0 Å². The standard InChI is InChI=1S/C11H14N2OS/c1-6(2)10-11(14)13-8-5-7(12)3-4-9(8)15-10/h3-6,10H,12H2,1-2H3,(H,13,14). The fourth-order valence-corrected chi connectivity index (χ4v) is 2.68. The van der Waals surface area contributed by atoms with Crippen LogP contribution in [0.15, 0.2) is 23.1 Å². The number of anilines is 2. The van der Waals surface area contributed by atoms with E-state index in [2.05, 4.69) is 19.2 Å². The molecule has 0 aliphatic carbocycles. The van der Waals surface area contributed by atoms with Crippen LogP contribution >= 0.6 is 11.8 Å². The maximum Gasteiger partial charge on any atom is 0.238 e. The molecule has 1 aliphatic rings. The third-order valence-electron chi connectivity index (χ3n) is 2.38. The Morgan fingerprint density at radius 2 is 2.20 bits per heavy atom. The summed E-state index contributed by atoms with van der Waals surface area (Å²) in [5, 5.41) is 2.89. The zero-order valence-electron chi connectivity index (χ0n) is 8.78. The van der Waals surface area contributed by atoms with E-state index >= 15 is 0 Å². The van der Waals surface area contributed by atoms with Gasteiger partial charge in [0.1, 0.15) is 0 Å². The maximum absolute atomic E-state index is 11.7. The number of hydrogen-bond donors (Lipinski definition) is 2. The topological polar surface area (TPSA) is 55.1 Å². The van der Waals surface area contributed by atoms with Crippen molar-refractivity contribution in [2.24, 2.45) is 5.92 Å². The number of thioether (sulfide) groups is 1. The van der Waals surface area contributed by atoms with Crippen LogP contribution in [0.2, 0.25) is 0 Å². The summed E-state index contributed by atoms with van der Waals surface area (Å²) in [5.74, 6) is 0.411. The highest BCUT2D eigenvalue weighted by atomic mass is 32.2. The largest absolute Gasteiger partial charge is 0.399 e. The van der Waals surface area contributed by atoms with Crippen LogP contribution in [0, 0.1) is 5.92 Å². The van der Waals surface area contributed by atoms with Crippen LogP contribution in [0.3, 0.4) is 0 Å². The molecule has 1 heterocycles. The number of rotatable bonds is 1. The van der Waals surface area contributed by atoms with Crippen molar-refractivity contribution in [1.82, 2.24) is 0 Å². The first-order valence-corrected chi connectivity index (χ1v) is 5.83. The minimum Gasteiger partial charge on any atom is -0.399 e. The molecule has 1 atom stereocenters. The van der Waals surface area contributed by atoms with Crippen molar-refractivity contribution in [3.63, 3.8) is 0 Å². The number of carbonyl (C=O) groups excluding carboxylic acids is 1. The summed E-state index contributed by atoms with van der Waals surface area (Å²) in [7, 11) is 0. The van der Waals surface area contributed by atoms with Gasteiger partial charge in [0.2, 0.25) is 5.91 Å². The predicted octanol–water partition coefficient (Wildman–Crippen LogP) is 2.34. The zero-order valence-corrected chi connectivity index (χ0v) is 9.60. The third kappa shape index (κ3) is 1.95. The van der Waals surface area contributed by atoms with Crippen LogP contribution in [-0.4, -0.2) is 11.2 Å². The lowest BCUT2D eigenvalue weighted by Gasteiger charge is -2.26. The van der Waals surface area contributed by atoms with Gasteiger partial charge in [-0.3, -0.25) is 4.79 Å². The number of benzene rings is 1. The lowest BCUT2D eigenvalue weighted by atomic mass is 10.1. The van der Waals surface area contributed by atoms with Gasteiger partial charge in [-0.25, -0.2) is 0 Å². The smallest absolute Gasteiger partial charge is 0.238 e. The number of nitrogen functional groups attached to an aromatic ring is 1. The fourth-order valence-electron chi connectivity index (χ4n) is 1.58. The molecule has 0 saturated carbocycles. The lowest BCUT2D eigenvalue weighted by Crippen LogP contribution is -2.32. The van der Waals surface area contributed by atoms with Gasteiger partial charge in [0.15, 0.2) is 0 Å². The number of nitrogens with two attached hydrogens (primary N) is 1. The van der Waals surface area contributed by atoms with E-state index in [0.29, 0.717) is 11.6 Å². The van der Waals surface area contributed by atoms with E-state index < -0.39 is 0 Å². The molecule has 0 radical (unpaired) electrons. The van der Waals surface area contributed by atoms with Gasteiger partial charge >= 0.3 is 0 Å². The van der Waals surface area contributed by atoms with Crippen LogP contribution < -0.4 is 11.1 Å². The van der Waals surface area contributed by atoms with E-state index in [1.807, 2.05) is 12.1 Å². The van der Waals surface area contributed by atoms with Crippen molar-refractivity contribution in [2.45, 2.75) is 24.0 Å². The molecule has 0 fully saturated rings. The van der Waals surface area contributed by atoms with Crippen LogP contribution in [-0.2, 0) is 4.79 Å². The molecule has 80 valence electrons. The maximum atomic E-state index is 11.7. The van der Waals surface area contributed by atoms with Gasteiger partial charge in [0, 0.05) is 10.6 Å². The van der Waals surface area contributed by atoms with Gasteiger partial charge < -0.3 is 11.1 Å². The summed E-state index contributed by atoms with van der Waals surface area (Å²) in [5.41, 5.74) is 7.17. The summed E-state index contributed by atoms with van der Waals surface area (Å²) in [6, 6.07) is 5.63. The zero-order chi connectivity index (χ0) is 11.0. The molecule has 2 rings (SSSR count). The minimum absolute atomic E-state index is 0.00104. The Kier molecular flexibility index (Phi) is 2.61. The Labute approximate surface area is 93.4 Å². The Balaban J connectivity index is 2.34. The van der Waals surface area contributed by atoms with E-state index in [9.17, 15) is 4.79 Å². The normalized spacial score (nSPS) is 19.9. The van der Waals surface area contributed by atoms with Gasteiger partial charge in [-0.15, -0.1) is 11.8 Å². The number of carbonyl (C=O) groups is 1. The molecule has 0 bridgehead atoms. The first-order chi connectivity index (χ1) is 7.08. The van der Waals surface area contributed by atoms with E-state index in [-0.39, 0.29) is 11.2 Å². The average Bonchev–Trinajstić information content (AvgIpc) is 2.15. The summed E-state index contributed by atoms with van der Waals surface area (Å²) >= 11 is 1.61. The van der Waals surface area contributed by atoms with Crippen LogP contribution in [0.5, 0.6) is 0 Å². The van der Waals surface area contributed by atoms with E-state index in [0.717, 1.165) is 10.6 Å². The molecule has 1 aromatic rings. The third-order valence-corrected chi connectivity index (χ3v) is 4.00. The second kappa shape index (κ2) is 3.77. The van der Waals surface area contributed by atoms with Crippen molar-refractivity contribution >= 4 is 29.0 Å². The molecule has 0 spiro atoms. The van der Waals surface area contributed by atoms with Crippen molar-refractivity contribution in [2.75, 3.05) is 11.1 Å². The van der Waals surface area contributed by atoms with Crippen molar-refractivity contribution < 1.29 is 4.79 Å².